The molecule has 2 atom stereocenters. The molecule has 7 heteroatoms. The maximum absolute atomic E-state index is 6.09. The summed E-state index contributed by atoms with van der Waals surface area (Å²) in [5.41, 5.74) is 1.88. The van der Waals surface area contributed by atoms with E-state index in [4.69, 9.17) is 11.6 Å². The highest BCUT2D eigenvalue weighted by Crippen LogP contribution is 2.39. The van der Waals surface area contributed by atoms with Gasteiger partial charge in [0.2, 0.25) is 5.65 Å². The van der Waals surface area contributed by atoms with Gasteiger partial charge in [-0.2, -0.15) is 11.8 Å². The fourth-order valence-electron chi connectivity index (χ4n) is 3.01. The highest BCUT2D eigenvalue weighted by atomic mass is 35.5. The number of thioether (sulfide) groups is 1. The van der Waals surface area contributed by atoms with Crippen LogP contribution < -0.4 is 5.32 Å². The molecule has 0 amide bonds. The molecule has 0 spiro atoms. The first-order valence-electron chi connectivity index (χ1n) is 8.05. The van der Waals surface area contributed by atoms with Crippen molar-refractivity contribution in [3.05, 3.63) is 53.1 Å². The number of nitrogens with zero attached hydrogens (tertiary/aromatic N) is 4. The van der Waals surface area contributed by atoms with E-state index < -0.39 is 0 Å². The predicted molar refractivity (Wildman–Crippen MR) is 98.7 cm³/mol. The lowest BCUT2D eigenvalue weighted by molar-refractivity contribution is 0.765. The first-order valence-corrected chi connectivity index (χ1v) is 9.48. The number of hydrogen-bond acceptors (Lipinski definition) is 5. The zero-order valence-corrected chi connectivity index (χ0v) is 14.9. The quantitative estimate of drug-likeness (QED) is 0.742. The van der Waals surface area contributed by atoms with Crippen molar-refractivity contribution in [1.82, 2.24) is 19.6 Å². The van der Waals surface area contributed by atoms with E-state index in [0.29, 0.717) is 5.25 Å². The Labute approximate surface area is 149 Å². The fraction of sp³-hybridized carbons (Fsp3) is 0.353. The van der Waals surface area contributed by atoms with E-state index in [1.54, 1.807) is 6.20 Å². The molecule has 0 radical (unpaired) electrons. The summed E-state index contributed by atoms with van der Waals surface area (Å²) in [6, 6.07) is 7.91. The Balaban J connectivity index is 1.64. The minimum Gasteiger partial charge on any atom is -0.360 e. The molecule has 1 aliphatic rings. The summed E-state index contributed by atoms with van der Waals surface area (Å²) in [6.07, 6.45) is 6.15. The molecule has 4 rings (SSSR count). The normalized spacial score (nSPS) is 18.8. The largest absolute Gasteiger partial charge is 0.360 e. The number of anilines is 1. The molecule has 1 aromatic carbocycles. The highest BCUT2D eigenvalue weighted by molar-refractivity contribution is 7.99. The number of benzene rings is 1. The van der Waals surface area contributed by atoms with Crippen LogP contribution in [0.2, 0.25) is 5.02 Å². The topological polar surface area (TPSA) is 55.1 Å². The lowest BCUT2D eigenvalue weighted by atomic mass is 10.1. The van der Waals surface area contributed by atoms with Gasteiger partial charge in [0.25, 0.3) is 0 Å². The van der Waals surface area contributed by atoms with Gasteiger partial charge in [-0.3, -0.25) is 4.40 Å². The van der Waals surface area contributed by atoms with Crippen LogP contribution in [-0.4, -0.2) is 25.3 Å². The molecule has 2 aromatic heterocycles. The monoisotopic (exact) mass is 359 g/mol. The van der Waals surface area contributed by atoms with Crippen molar-refractivity contribution >= 4 is 34.8 Å². The second kappa shape index (κ2) is 6.61. The molecule has 0 unspecified atom stereocenters. The lowest BCUT2D eigenvalue weighted by Gasteiger charge is -2.15. The minimum absolute atomic E-state index is 0.0726. The highest BCUT2D eigenvalue weighted by Gasteiger charge is 2.24. The third kappa shape index (κ3) is 2.96. The van der Waals surface area contributed by atoms with E-state index >= 15 is 0 Å². The van der Waals surface area contributed by atoms with Gasteiger partial charge < -0.3 is 5.32 Å². The molecule has 3 heterocycles. The Hall–Kier alpha value is -1.79. The van der Waals surface area contributed by atoms with Crippen molar-refractivity contribution in [2.45, 2.75) is 31.1 Å². The molecule has 1 fully saturated rings. The summed E-state index contributed by atoms with van der Waals surface area (Å²) in [5.74, 6) is 2.96. The van der Waals surface area contributed by atoms with Crippen LogP contribution in [0.1, 0.15) is 42.4 Å². The summed E-state index contributed by atoms with van der Waals surface area (Å²) in [7, 11) is 0. The third-order valence-corrected chi connectivity index (χ3v) is 5.88. The van der Waals surface area contributed by atoms with Crippen LogP contribution in [0, 0.1) is 0 Å². The summed E-state index contributed by atoms with van der Waals surface area (Å²) >= 11 is 8.05. The molecule has 0 aliphatic carbocycles. The molecule has 24 heavy (non-hydrogen) atoms. The Bertz CT molecular complexity index is 859. The first kappa shape index (κ1) is 15.7. The van der Waals surface area contributed by atoms with Gasteiger partial charge in [-0.05, 0) is 43.2 Å². The molecule has 1 aliphatic heterocycles. The van der Waals surface area contributed by atoms with Crippen molar-refractivity contribution in [2.75, 3.05) is 11.1 Å². The molecular weight excluding hydrogens is 342 g/mol. The van der Waals surface area contributed by atoms with Crippen molar-refractivity contribution < 1.29 is 0 Å². The molecule has 0 bridgehead atoms. The van der Waals surface area contributed by atoms with E-state index in [1.165, 1.54) is 12.2 Å². The second-order valence-electron chi connectivity index (χ2n) is 5.95. The molecular formula is C17H18ClN5S. The van der Waals surface area contributed by atoms with Gasteiger partial charge in [0.15, 0.2) is 11.6 Å². The fourth-order valence-corrected chi connectivity index (χ4v) is 4.47. The van der Waals surface area contributed by atoms with E-state index in [9.17, 15) is 0 Å². The number of rotatable bonds is 4. The first-order chi connectivity index (χ1) is 11.7. The maximum Gasteiger partial charge on any atom is 0.203 e. The summed E-state index contributed by atoms with van der Waals surface area (Å²) in [4.78, 5) is 4.46. The van der Waals surface area contributed by atoms with Crippen LogP contribution in [0.25, 0.3) is 5.65 Å². The summed E-state index contributed by atoms with van der Waals surface area (Å²) in [6.45, 7) is 2.08. The van der Waals surface area contributed by atoms with Gasteiger partial charge in [-0.15, -0.1) is 10.2 Å². The number of aromatic nitrogens is 4. The lowest BCUT2D eigenvalue weighted by Crippen LogP contribution is -2.09. The SMILES string of the molecule is C[C@H](Nc1nccn2c([C@@H]3CCCS3)nnc12)c1cccc(Cl)c1. The van der Waals surface area contributed by atoms with E-state index in [0.717, 1.165) is 34.3 Å². The zero-order valence-electron chi connectivity index (χ0n) is 13.3. The molecule has 3 aromatic rings. The van der Waals surface area contributed by atoms with E-state index in [1.807, 2.05) is 42.2 Å². The van der Waals surface area contributed by atoms with Gasteiger partial charge in [-0.1, -0.05) is 23.7 Å². The predicted octanol–water partition coefficient (Wildman–Crippen LogP) is 4.52. The third-order valence-electron chi connectivity index (χ3n) is 4.27. The van der Waals surface area contributed by atoms with Crippen molar-refractivity contribution in [3.8, 4) is 0 Å². The number of hydrogen-bond donors (Lipinski definition) is 1. The van der Waals surface area contributed by atoms with Gasteiger partial charge in [0.05, 0.1) is 11.3 Å². The number of nitrogens with one attached hydrogen (secondary N) is 1. The van der Waals surface area contributed by atoms with Crippen molar-refractivity contribution in [1.29, 1.82) is 0 Å². The van der Waals surface area contributed by atoms with E-state index in [2.05, 4.69) is 31.8 Å². The molecule has 1 saturated heterocycles. The summed E-state index contributed by atoms with van der Waals surface area (Å²) in [5, 5.41) is 13.4. The smallest absolute Gasteiger partial charge is 0.203 e. The van der Waals surface area contributed by atoms with Crippen LogP contribution in [0.3, 0.4) is 0 Å². The Morgan fingerprint density at radius 3 is 3.08 bits per heavy atom. The number of fused-ring (bicyclic) bond motifs is 1. The van der Waals surface area contributed by atoms with Crippen molar-refractivity contribution in [3.63, 3.8) is 0 Å². The number of halogens is 1. The van der Waals surface area contributed by atoms with Crippen LogP contribution in [0.4, 0.5) is 5.82 Å². The van der Waals surface area contributed by atoms with Crippen LogP contribution in [-0.2, 0) is 0 Å². The van der Waals surface area contributed by atoms with Crippen molar-refractivity contribution in [2.24, 2.45) is 0 Å². The van der Waals surface area contributed by atoms with Gasteiger partial charge in [-0.25, -0.2) is 4.98 Å². The van der Waals surface area contributed by atoms with Gasteiger partial charge in [0.1, 0.15) is 0 Å². The molecule has 0 saturated carbocycles. The molecule has 1 N–H and O–H groups in total. The second-order valence-corrected chi connectivity index (χ2v) is 7.70. The van der Waals surface area contributed by atoms with E-state index in [-0.39, 0.29) is 6.04 Å². The molecule has 124 valence electrons. The molecule has 5 nitrogen and oxygen atoms in total. The Kier molecular flexibility index (Phi) is 4.33. The Morgan fingerprint density at radius 2 is 2.29 bits per heavy atom. The zero-order chi connectivity index (χ0) is 16.5. The van der Waals surface area contributed by atoms with Crippen LogP contribution in [0.5, 0.6) is 0 Å². The Morgan fingerprint density at radius 1 is 1.38 bits per heavy atom. The van der Waals surface area contributed by atoms with Gasteiger partial charge in [0, 0.05) is 17.4 Å². The standard InChI is InChI=1S/C17H18ClN5S/c1-11(12-4-2-5-13(18)10-12)20-15-17-22-21-16(14-6-3-9-24-14)23(17)8-7-19-15/h2,4-5,7-8,10-11,14H,3,6,9H2,1H3,(H,19,20)/t11-,14-/m0/s1. The average molecular weight is 360 g/mol. The summed E-state index contributed by atoms with van der Waals surface area (Å²) < 4.78 is 2.06. The average Bonchev–Trinajstić information content (AvgIpc) is 3.24. The van der Waals surface area contributed by atoms with Gasteiger partial charge >= 0.3 is 0 Å². The minimum atomic E-state index is 0.0726. The van der Waals surface area contributed by atoms with Crippen LogP contribution >= 0.6 is 23.4 Å². The maximum atomic E-state index is 6.09. The van der Waals surface area contributed by atoms with Crippen LogP contribution in [0.15, 0.2) is 36.7 Å².